The molecule has 0 aliphatic carbocycles. The molecule has 0 spiro atoms. The van der Waals surface area contributed by atoms with Crippen LogP contribution in [0.2, 0.25) is 0 Å². The van der Waals surface area contributed by atoms with Gasteiger partial charge in [0.25, 0.3) is 5.91 Å². The van der Waals surface area contributed by atoms with Crippen LogP contribution in [0.5, 0.6) is 0 Å². The predicted octanol–water partition coefficient (Wildman–Crippen LogP) is 0.836. The molecule has 0 aliphatic rings. The molecule has 1 amide bonds. The average molecular weight is 309 g/mol. The molecule has 1 aromatic heterocycles. The number of amides is 1. The Hall–Kier alpha value is -2.08. The number of halogens is 7. The maximum Gasteiger partial charge on any atom is 0.460 e. The van der Waals surface area contributed by atoms with E-state index < -0.39 is 30.5 Å². The van der Waals surface area contributed by atoms with E-state index in [1.54, 1.807) is 0 Å². The van der Waals surface area contributed by atoms with Gasteiger partial charge < -0.3 is 11.1 Å². The SMILES string of the molecule is Nc1n[nH]c(CNC(=O)C(F)(F)C(F)(F)C(F)(F)F)n1. The van der Waals surface area contributed by atoms with Crippen LogP contribution in [0.4, 0.5) is 36.7 Å². The second-order valence-corrected chi connectivity index (χ2v) is 3.47. The predicted molar refractivity (Wildman–Crippen MR) is 48.6 cm³/mol. The minimum absolute atomic E-state index is 0.304. The number of nitrogen functional groups attached to an aromatic ring is 1. The van der Waals surface area contributed by atoms with Crippen LogP contribution in [0.3, 0.4) is 0 Å². The molecule has 0 radical (unpaired) electrons. The van der Waals surface area contributed by atoms with Crippen molar-refractivity contribution in [3.8, 4) is 0 Å². The molecule has 1 aromatic rings. The average Bonchev–Trinajstić information content (AvgIpc) is 2.70. The maximum absolute atomic E-state index is 12.8. The number of nitrogens with one attached hydrogen (secondary N) is 2. The number of alkyl halides is 7. The van der Waals surface area contributed by atoms with Crippen molar-refractivity contribution in [1.29, 1.82) is 0 Å². The van der Waals surface area contributed by atoms with Crippen LogP contribution < -0.4 is 11.1 Å². The zero-order valence-electron chi connectivity index (χ0n) is 9.23. The number of anilines is 1. The van der Waals surface area contributed by atoms with Crippen molar-refractivity contribution >= 4 is 11.9 Å². The van der Waals surface area contributed by atoms with Crippen molar-refractivity contribution in [3.05, 3.63) is 5.82 Å². The Balaban J connectivity index is 2.79. The first-order valence-electron chi connectivity index (χ1n) is 4.67. The van der Waals surface area contributed by atoms with E-state index in [-0.39, 0.29) is 11.8 Å². The Labute approximate surface area is 105 Å². The Bertz CT molecular complexity index is 496. The van der Waals surface area contributed by atoms with Crippen molar-refractivity contribution in [1.82, 2.24) is 20.5 Å². The number of hydrogen-bond acceptors (Lipinski definition) is 4. The largest absolute Gasteiger partial charge is 0.460 e. The van der Waals surface area contributed by atoms with Gasteiger partial charge in [-0.05, 0) is 0 Å². The first kappa shape index (κ1) is 16.0. The van der Waals surface area contributed by atoms with Gasteiger partial charge in [0.15, 0.2) is 0 Å². The summed E-state index contributed by atoms with van der Waals surface area (Å²) in [5, 5.41) is 6.42. The Morgan fingerprint density at radius 2 is 1.75 bits per heavy atom. The smallest absolute Gasteiger partial charge is 0.367 e. The second-order valence-electron chi connectivity index (χ2n) is 3.47. The van der Waals surface area contributed by atoms with Gasteiger partial charge >= 0.3 is 18.0 Å². The van der Waals surface area contributed by atoms with Gasteiger partial charge in [0.1, 0.15) is 5.82 Å². The van der Waals surface area contributed by atoms with Crippen molar-refractivity contribution in [2.24, 2.45) is 0 Å². The summed E-state index contributed by atoms with van der Waals surface area (Å²) in [6, 6.07) is 0. The van der Waals surface area contributed by atoms with E-state index in [0.29, 0.717) is 0 Å². The molecule has 0 atom stereocenters. The quantitative estimate of drug-likeness (QED) is 0.718. The Morgan fingerprint density at radius 3 is 2.15 bits per heavy atom. The summed E-state index contributed by atoms with van der Waals surface area (Å²) in [5.41, 5.74) is 5.01. The number of aromatic nitrogens is 3. The van der Waals surface area contributed by atoms with Crippen LogP contribution in [0.15, 0.2) is 0 Å². The van der Waals surface area contributed by atoms with E-state index in [9.17, 15) is 35.5 Å². The third-order valence-corrected chi connectivity index (χ3v) is 2.00. The number of hydrogen-bond donors (Lipinski definition) is 3. The molecule has 0 unspecified atom stereocenters. The molecule has 6 nitrogen and oxygen atoms in total. The standard InChI is InChI=1S/C7H6F7N5O/c8-5(9,6(10,11)7(12,13)14)3(20)16-1-2-17-4(15)19-18-2/h1H2,(H,16,20)(H3,15,17,18,19). The summed E-state index contributed by atoms with van der Waals surface area (Å²) in [6.07, 6.45) is -6.58. The monoisotopic (exact) mass is 309 g/mol. The molecule has 0 bridgehead atoms. The van der Waals surface area contributed by atoms with Gasteiger partial charge in [-0.3, -0.25) is 9.89 Å². The van der Waals surface area contributed by atoms with Gasteiger partial charge in [0, 0.05) is 0 Å². The minimum atomic E-state index is -6.58. The molecule has 1 heterocycles. The number of rotatable bonds is 4. The van der Waals surface area contributed by atoms with E-state index in [2.05, 4.69) is 10.1 Å². The number of H-pyrrole nitrogens is 1. The molecule has 0 aromatic carbocycles. The van der Waals surface area contributed by atoms with Crippen LogP contribution in [-0.4, -0.2) is 39.1 Å². The zero-order chi connectivity index (χ0) is 15.8. The summed E-state index contributed by atoms with van der Waals surface area (Å²) >= 11 is 0. The van der Waals surface area contributed by atoms with Gasteiger partial charge in [-0.15, -0.1) is 5.10 Å². The Kier molecular flexibility index (Phi) is 3.83. The molecule has 1 rings (SSSR count). The fourth-order valence-corrected chi connectivity index (χ4v) is 0.985. The second kappa shape index (κ2) is 4.79. The molecule has 20 heavy (non-hydrogen) atoms. The third-order valence-electron chi connectivity index (χ3n) is 2.00. The Morgan fingerprint density at radius 1 is 1.20 bits per heavy atom. The lowest BCUT2D eigenvalue weighted by atomic mass is 10.1. The first-order chi connectivity index (χ1) is 8.89. The van der Waals surface area contributed by atoms with Gasteiger partial charge in [0.2, 0.25) is 5.95 Å². The molecule has 4 N–H and O–H groups in total. The number of nitrogens with two attached hydrogens (primary N) is 1. The highest BCUT2D eigenvalue weighted by molar-refractivity contribution is 5.84. The van der Waals surface area contributed by atoms with E-state index in [4.69, 9.17) is 5.73 Å². The number of aromatic amines is 1. The number of nitrogens with zero attached hydrogens (tertiary/aromatic N) is 2. The van der Waals surface area contributed by atoms with E-state index in [1.165, 1.54) is 5.32 Å². The molecule has 0 saturated heterocycles. The fraction of sp³-hybridized carbons (Fsp3) is 0.571. The van der Waals surface area contributed by atoms with Crippen LogP contribution in [0.1, 0.15) is 5.82 Å². The van der Waals surface area contributed by atoms with Crippen LogP contribution >= 0.6 is 0 Å². The fourth-order valence-electron chi connectivity index (χ4n) is 0.985. The first-order valence-corrected chi connectivity index (χ1v) is 4.67. The van der Waals surface area contributed by atoms with Crippen molar-refractivity contribution < 1.29 is 35.5 Å². The topological polar surface area (TPSA) is 96.7 Å². The summed E-state index contributed by atoms with van der Waals surface area (Å²) in [5.74, 6) is -15.9. The lowest BCUT2D eigenvalue weighted by Gasteiger charge is -2.26. The molecular weight excluding hydrogens is 303 g/mol. The third kappa shape index (κ3) is 2.75. The van der Waals surface area contributed by atoms with Crippen LogP contribution in [0, 0.1) is 0 Å². The molecular formula is C7H6F7N5O. The molecule has 114 valence electrons. The number of carbonyl (C=O) groups is 1. The summed E-state index contributed by atoms with van der Waals surface area (Å²) in [4.78, 5) is 14.1. The van der Waals surface area contributed by atoms with Gasteiger partial charge in [-0.25, -0.2) is 0 Å². The minimum Gasteiger partial charge on any atom is -0.367 e. The normalized spacial score (nSPS) is 13.3. The maximum atomic E-state index is 12.8. The van der Waals surface area contributed by atoms with Gasteiger partial charge in [-0.2, -0.15) is 35.7 Å². The molecule has 0 aliphatic heterocycles. The molecule has 0 fully saturated rings. The highest BCUT2D eigenvalue weighted by Crippen LogP contribution is 2.46. The van der Waals surface area contributed by atoms with E-state index in [1.807, 2.05) is 5.10 Å². The van der Waals surface area contributed by atoms with Crippen molar-refractivity contribution in [3.63, 3.8) is 0 Å². The summed E-state index contributed by atoms with van der Waals surface area (Å²) < 4.78 is 86.1. The molecule has 13 heteroatoms. The molecule has 0 saturated carbocycles. The summed E-state index contributed by atoms with van der Waals surface area (Å²) in [7, 11) is 0. The van der Waals surface area contributed by atoms with E-state index in [0.717, 1.165) is 0 Å². The highest BCUT2D eigenvalue weighted by atomic mass is 19.4. The highest BCUT2D eigenvalue weighted by Gasteiger charge is 2.76. The van der Waals surface area contributed by atoms with Crippen molar-refractivity contribution in [2.45, 2.75) is 24.6 Å². The lowest BCUT2D eigenvalue weighted by molar-refractivity contribution is -0.344. The van der Waals surface area contributed by atoms with Crippen LogP contribution in [0.25, 0.3) is 0 Å². The lowest BCUT2D eigenvalue weighted by Crippen LogP contribution is -2.59. The van der Waals surface area contributed by atoms with Gasteiger partial charge in [0.05, 0.1) is 6.54 Å². The van der Waals surface area contributed by atoms with E-state index >= 15 is 0 Å². The number of carbonyl (C=O) groups excluding carboxylic acids is 1. The van der Waals surface area contributed by atoms with Crippen molar-refractivity contribution in [2.75, 3.05) is 5.73 Å². The zero-order valence-corrected chi connectivity index (χ0v) is 9.23. The van der Waals surface area contributed by atoms with Crippen LogP contribution in [-0.2, 0) is 11.3 Å². The summed E-state index contributed by atoms with van der Waals surface area (Å²) in [6.45, 7) is -0.882. The van der Waals surface area contributed by atoms with Gasteiger partial charge in [-0.1, -0.05) is 0 Å².